The fourth-order valence-electron chi connectivity index (χ4n) is 4.33. The highest BCUT2D eigenvalue weighted by Crippen LogP contribution is 2.40. The predicted molar refractivity (Wildman–Crippen MR) is 133 cm³/mol. The van der Waals surface area contributed by atoms with E-state index < -0.39 is 8.32 Å². The van der Waals surface area contributed by atoms with Crippen molar-refractivity contribution in [1.82, 2.24) is 5.32 Å². The molecule has 31 heavy (non-hydrogen) atoms. The highest BCUT2D eigenvalue weighted by Gasteiger charge is 2.51. The number of benzene rings is 2. The van der Waals surface area contributed by atoms with Gasteiger partial charge in [0.15, 0.2) is 0 Å². The van der Waals surface area contributed by atoms with Crippen LogP contribution in [0, 0.1) is 5.41 Å². The number of methoxy groups -OCH3 is 1. The molecular formula is C25H35NO3SSi. The van der Waals surface area contributed by atoms with Crippen molar-refractivity contribution in [2.75, 3.05) is 19.5 Å². The zero-order chi connectivity index (χ0) is 22.7. The first kappa shape index (κ1) is 24.0. The molecule has 0 bridgehead atoms. The van der Waals surface area contributed by atoms with Crippen LogP contribution in [0.2, 0.25) is 5.04 Å². The van der Waals surface area contributed by atoms with E-state index in [-0.39, 0.29) is 27.8 Å². The molecule has 1 saturated heterocycles. The first-order chi connectivity index (χ1) is 14.6. The molecule has 1 fully saturated rings. The number of ether oxygens (including phenoxy) is 1. The second-order valence-corrected chi connectivity index (χ2v) is 15.3. The minimum Gasteiger partial charge on any atom is -0.468 e. The lowest BCUT2D eigenvalue weighted by Crippen LogP contribution is -2.67. The van der Waals surface area contributed by atoms with Crippen LogP contribution in [0.1, 0.15) is 34.6 Å². The zero-order valence-corrected chi connectivity index (χ0v) is 21.3. The molecular weight excluding hydrogens is 422 g/mol. The summed E-state index contributed by atoms with van der Waals surface area (Å²) >= 11 is 1.77. The number of hydrogen-bond acceptors (Lipinski definition) is 5. The van der Waals surface area contributed by atoms with Crippen LogP contribution in [0.4, 0.5) is 0 Å². The quantitative estimate of drug-likeness (QED) is 0.506. The van der Waals surface area contributed by atoms with E-state index in [0.717, 1.165) is 5.75 Å². The van der Waals surface area contributed by atoms with Crippen molar-refractivity contribution < 1.29 is 14.0 Å². The van der Waals surface area contributed by atoms with Crippen LogP contribution in [0.25, 0.3) is 0 Å². The van der Waals surface area contributed by atoms with Gasteiger partial charge < -0.3 is 9.16 Å². The molecule has 4 nitrogen and oxygen atoms in total. The zero-order valence-electron chi connectivity index (χ0n) is 19.5. The lowest BCUT2D eigenvalue weighted by atomic mass is 9.94. The summed E-state index contributed by atoms with van der Waals surface area (Å²) in [6, 6.07) is 21.2. The molecule has 6 heteroatoms. The van der Waals surface area contributed by atoms with Gasteiger partial charge in [-0.05, 0) is 15.4 Å². The summed E-state index contributed by atoms with van der Waals surface area (Å²) in [6.07, 6.45) is 0. The minimum atomic E-state index is -2.58. The molecule has 1 heterocycles. The van der Waals surface area contributed by atoms with Crippen LogP contribution in [-0.4, -0.2) is 45.2 Å². The van der Waals surface area contributed by atoms with E-state index in [0.29, 0.717) is 6.61 Å². The Morgan fingerprint density at radius 2 is 1.52 bits per heavy atom. The van der Waals surface area contributed by atoms with Gasteiger partial charge in [-0.1, -0.05) is 95.3 Å². The normalized spacial score (nSPS) is 19.9. The van der Waals surface area contributed by atoms with Gasteiger partial charge in [-0.2, -0.15) is 0 Å². The molecule has 0 amide bonds. The van der Waals surface area contributed by atoms with Gasteiger partial charge in [-0.25, -0.2) is 0 Å². The summed E-state index contributed by atoms with van der Waals surface area (Å²) in [5.41, 5.74) is -0.166. The number of carbonyl (C=O) groups excluding carboxylic acids is 1. The van der Waals surface area contributed by atoms with E-state index >= 15 is 0 Å². The van der Waals surface area contributed by atoms with Crippen molar-refractivity contribution in [3.05, 3.63) is 60.7 Å². The number of thioether (sulfide) groups is 1. The summed E-state index contributed by atoms with van der Waals surface area (Å²) in [4.78, 5) is 12.0. The molecule has 168 valence electrons. The second kappa shape index (κ2) is 9.49. The van der Waals surface area contributed by atoms with E-state index in [1.54, 1.807) is 11.8 Å². The minimum absolute atomic E-state index is 0.0589. The predicted octanol–water partition coefficient (Wildman–Crippen LogP) is 3.79. The smallest absolute Gasteiger partial charge is 0.323 e. The Kier molecular flexibility index (Phi) is 7.36. The van der Waals surface area contributed by atoms with Crippen molar-refractivity contribution in [2.45, 2.75) is 51.1 Å². The third-order valence-electron chi connectivity index (χ3n) is 6.06. The molecule has 0 spiro atoms. The van der Waals surface area contributed by atoms with Crippen molar-refractivity contribution in [3.8, 4) is 0 Å². The third kappa shape index (κ3) is 4.92. The van der Waals surface area contributed by atoms with Gasteiger partial charge in [0.05, 0.1) is 12.5 Å². The van der Waals surface area contributed by atoms with E-state index in [4.69, 9.17) is 9.16 Å². The van der Waals surface area contributed by atoms with Crippen LogP contribution in [0.5, 0.6) is 0 Å². The molecule has 2 atom stereocenters. The summed E-state index contributed by atoms with van der Waals surface area (Å²) in [5, 5.41) is 6.08. The third-order valence-corrected chi connectivity index (χ3v) is 12.7. The molecule has 3 rings (SSSR count). The van der Waals surface area contributed by atoms with Crippen LogP contribution < -0.4 is 15.7 Å². The van der Waals surface area contributed by atoms with E-state index in [9.17, 15) is 4.79 Å². The summed E-state index contributed by atoms with van der Waals surface area (Å²) in [6.45, 7) is 11.9. The number of carbonyl (C=O) groups is 1. The molecule has 0 aromatic heterocycles. The van der Waals surface area contributed by atoms with Crippen molar-refractivity contribution in [3.63, 3.8) is 0 Å². The van der Waals surface area contributed by atoms with Crippen LogP contribution in [0.15, 0.2) is 60.7 Å². The monoisotopic (exact) mass is 457 g/mol. The highest BCUT2D eigenvalue weighted by molar-refractivity contribution is 8.00. The van der Waals surface area contributed by atoms with E-state index in [1.165, 1.54) is 17.5 Å². The first-order valence-electron chi connectivity index (χ1n) is 10.8. The highest BCUT2D eigenvalue weighted by atomic mass is 32.2. The summed E-state index contributed by atoms with van der Waals surface area (Å²) in [7, 11) is -1.14. The van der Waals surface area contributed by atoms with Gasteiger partial charge in [-0.15, -0.1) is 11.8 Å². The topological polar surface area (TPSA) is 47.6 Å². The molecule has 1 N–H and O–H groups in total. The van der Waals surface area contributed by atoms with Crippen molar-refractivity contribution >= 4 is 36.4 Å². The Morgan fingerprint density at radius 1 is 1.00 bits per heavy atom. The second-order valence-electron chi connectivity index (χ2n) is 9.90. The Labute approximate surface area is 192 Å². The van der Waals surface area contributed by atoms with Gasteiger partial charge in [-0.3, -0.25) is 10.1 Å². The molecule has 1 aliphatic heterocycles. The average Bonchev–Trinajstić information content (AvgIpc) is 3.25. The molecule has 2 aromatic carbocycles. The van der Waals surface area contributed by atoms with Gasteiger partial charge in [0.25, 0.3) is 8.32 Å². The standard InChI is InChI=1S/C25H35NO3SSi/c1-24(2,3)31(19-13-9-7-10-14-19,20-15-11-8-12-16-20)29-18-25(4,5)23-26-21(17-30-23)22(27)28-6/h7-16,21,23,26H,17-18H2,1-6H3/t21-,23?/m0/s1. The fourth-order valence-corrected chi connectivity index (χ4v) is 10.5. The Hall–Kier alpha value is -1.60. The maximum atomic E-state index is 12.0. The van der Waals surface area contributed by atoms with E-state index in [1.807, 2.05) is 0 Å². The Balaban J connectivity index is 1.94. The first-order valence-corrected chi connectivity index (χ1v) is 13.8. The van der Waals surface area contributed by atoms with Gasteiger partial charge in [0.2, 0.25) is 0 Å². The van der Waals surface area contributed by atoms with Crippen LogP contribution in [0.3, 0.4) is 0 Å². The number of esters is 1. The molecule has 1 aliphatic rings. The SMILES string of the molecule is COC(=O)[C@@H]1CSC(C(C)(C)CO[Si](c2ccccc2)(c2ccccc2)C(C)(C)C)N1. The van der Waals surface area contributed by atoms with Gasteiger partial charge in [0, 0.05) is 17.8 Å². The molecule has 1 unspecified atom stereocenters. The Morgan fingerprint density at radius 3 is 1.97 bits per heavy atom. The van der Waals surface area contributed by atoms with Gasteiger partial charge >= 0.3 is 5.97 Å². The maximum Gasteiger partial charge on any atom is 0.323 e. The molecule has 2 aromatic rings. The lowest BCUT2D eigenvalue weighted by Gasteiger charge is -2.45. The number of rotatable bonds is 7. The van der Waals surface area contributed by atoms with Crippen molar-refractivity contribution in [1.29, 1.82) is 0 Å². The molecule has 0 aliphatic carbocycles. The van der Waals surface area contributed by atoms with Crippen LogP contribution >= 0.6 is 11.8 Å². The summed E-state index contributed by atoms with van der Waals surface area (Å²) < 4.78 is 12.1. The lowest BCUT2D eigenvalue weighted by molar-refractivity contribution is -0.142. The number of nitrogens with one attached hydrogen (secondary N) is 1. The molecule has 0 radical (unpaired) electrons. The summed E-state index contributed by atoms with van der Waals surface area (Å²) in [5.74, 6) is 0.527. The largest absolute Gasteiger partial charge is 0.468 e. The average molecular weight is 458 g/mol. The van der Waals surface area contributed by atoms with Crippen molar-refractivity contribution in [2.24, 2.45) is 5.41 Å². The number of hydrogen-bond donors (Lipinski definition) is 1. The Bertz CT molecular complexity index is 828. The van der Waals surface area contributed by atoms with Crippen LogP contribution in [-0.2, 0) is 14.0 Å². The maximum absolute atomic E-state index is 12.0. The fraction of sp³-hybridized carbons (Fsp3) is 0.480. The molecule has 0 saturated carbocycles. The van der Waals surface area contributed by atoms with E-state index in [2.05, 4.69) is 101 Å². The van der Waals surface area contributed by atoms with Gasteiger partial charge in [0.1, 0.15) is 6.04 Å².